The minimum atomic E-state index is -1.03. The molecule has 1 aromatic carbocycles. The monoisotopic (exact) mass is 309 g/mol. The minimum Gasteiger partial charge on any atom is -0.445 e. The lowest BCUT2D eigenvalue weighted by Crippen LogP contribution is -2.25. The number of carbonyl (C=O) groups excluding carboxylic acids is 2. The first-order chi connectivity index (χ1) is 9.77. The van der Waals surface area contributed by atoms with Gasteiger partial charge in [-0.3, -0.25) is 4.79 Å². The van der Waals surface area contributed by atoms with Gasteiger partial charge in [-0.25, -0.2) is 4.79 Å². The molecular formula is C15H16ClNO4. The fourth-order valence-corrected chi connectivity index (χ4v) is 1.98. The highest BCUT2D eigenvalue weighted by Crippen LogP contribution is 2.26. The van der Waals surface area contributed by atoms with Gasteiger partial charge in [0.2, 0.25) is 11.5 Å². The highest BCUT2D eigenvalue weighted by atomic mass is 35.5. The lowest BCUT2D eigenvalue weighted by atomic mass is 10.2. The Morgan fingerprint density at radius 3 is 2.43 bits per heavy atom. The van der Waals surface area contributed by atoms with Gasteiger partial charge in [0, 0.05) is 32.5 Å². The third-order valence-corrected chi connectivity index (χ3v) is 3.11. The van der Waals surface area contributed by atoms with Crippen molar-refractivity contribution >= 4 is 23.5 Å². The molecule has 0 N–H and O–H groups in total. The molecule has 1 fully saturated rings. The van der Waals surface area contributed by atoms with E-state index in [0.717, 1.165) is 11.6 Å². The van der Waals surface area contributed by atoms with Crippen LogP contribution in [0.3, 0.4) is 0 Å². The Morgan fingerprint density at radius 2 is 1.90 bits per heavy atom. The lowest BCUT2D eigenvalue weighted by molar-refractivity contribution is -0.159. The maximum absolute atomic E-state index is 12.1. The summed E-state index contributed by atoms with van der Waals surface area (Å²) in [5.41, 5.74) is 0.934. The van der Waals surface area contributed by atoms with E-state index in [-0.39, 0.29) is 11.7 Å². The second-order valence-corrected chi connectivity index (χ2v) is 5.66. The molecule has 112 valence electrons. The molecule has 1 heterocycles. The van der Waals surface area contributed by atoms with Gasteiger partial charge in [0.15, 0.2) is 0 Å². The van der Waals surface area contributed by atoms with E-state index >= 15 is 0 Å². The molecule has 1 aliphatic rings. The van der Waals surface area contributed by atoms with Crippen LogP contribution >= 0.6 is 11.6 Å². The number of halogens is 1. The predicted molar refractivity (Wildman–Crippen MR) is 77.3 cm³/mol. The first kappa shape index (κ1) is 15.4. The van der Waals surface area contributed by atoms with Crippen molar-refractivity contribution in [3.05, 3.63) is 46.7 Å². The number of nitrogens with zero attached hydrogens (tertiary/aromatic N) is 1. The largest absolute Gasteiger partial charge is 0.445 e. The number of hydrogen-bond acceptors (Lipinski definition) is 4. The fraction of sp³-hybridized carbons (Fsp3) is 0.333. The highest BCUT2D eigenvalue weighted by Gasteiger charge is 2.37. The van der Waals surface area contributed by atoms with Crippen LogP contribution in [-0.2, 0) is 25.6 Å². The predicted octanol–water partition coefficient (Wildman–Crippen LogP) is 2.49. The second-order valence-electron chi connectivity index (χ2n) is 5.22. The Balaban J connectivity index is 2.03. The second kappa shape index (κ2) is 5.77. The smallest absolute Gasteiger partial charge is 0.377 e. The van der Waals surface area contributed by atoms with Crippen LogP contribution in [0.5, 0.6) is 0 Å². The van der Waals surface area contributed by atoms with E-state index in [1.54, 1.807) is 33.0 Å². The van der Waals surface area contributed by atoms with E-state index in [1.165, 1.54) is 4.90 Å². The van der Waals surface area contributed by atoms with Gasteiger partial charge in [-0.2, -0.15) is 0 Å². The molecule has 0 spiro atoms. The highest BCUT2D eigenvalue weighted by molar-refractivity contribution is 6.30. The number of amides is 1. The Hall–Kier alpha value is -2.01. The Morgan fingerprint density at radius 1 is 1.29 bits per heavy atom. The summed E-state index contributed by atoms with van der Waals surface area (Å²) in [5.74, 6) is -2.08. The third kappa shape index (κ3) is 3.98. The lowest BCUT2D eigenvalue weighted by Gasteiger charge is -2.16. The van der Waals surface area contributed by atoms with Crippen molar-refractivity contribution in [1.29, 1.82) is 0 Å². The van der Waals surface area contributed by atoms with Crippen molar-refractivity contribution in [2.45, 2.75) is 26.2 Å². The van der Waals surface area contributed by atoms with Crippen LogP contribution in [0.15, 0.2) is 36.1 Å². The standard InChI is InChI=1S/C15H16ClNO4/c1-15(2)20-12(14(19)21-15)8-13(18)17(3)9-10-4-6-11(16)7-5-10/h4-8H,9H2,1-3H3. The quantitative estimate of drug-likeness (QED) is 0.636. The summed E-state index contributed by atoms with van der Waals surface area (Å²) in [4.78, 5) is 25.1. The van der Waals surface area contributed by atoms with E-state index in [9.17, 15) is 9.59 Å². The van der Waals surface area contributed by atoms with E-state index in [2.05, 4.69) is 0 Å². The SMILES string of the molecule is CN(Cc1ccc(Cl)cc1)C(=O)C=C1OC(C)(C)OC1=O. The first-order valence-corrected chi connectivity index (χ1v) is 6.78. The molecule has 0 saturated carbocycles. The number of hydrogen-bond donors (Lipinski definition) is 0. The zero-order chi connectivity index (χ0) is 15.6. The van der Waals surface area contributed by atoms with Gasteiger partial charge in [0.1, 0.15) is 0 Å². The van der Waals surface area contributed by atoms with Gasteiger partial charge in [-0.1, -0.05) is 23.7 Å². The van der Waals surface area contributed by atoms with E-state index in [1.807, 2.05) is 12.1 Å². The van der Waals surface area contributed by atoms with Crippen LogP contribution in [0.25, 0.3) is 0 Å². The average molecular weight is 310 g/mol. The number of carbonyl (C=O) groups is 2. The molecule has 21 heavy (non-hydrogen) atoms. The summed E-state index contributed by atoms with van der Waals surface area (Å²) in [5, 5.41) is 0.638. The minimum absolute atomic E-state index is 0.0760. The number of likely N-dealkylation sites (N-methyl/N-ethyl adjacent to an activating group) is 1. The maximum Gasteiger partial charge on any atom is 0.377 e. The number of esters is 1. The molecular weight excluding hydrogens is 294 g/mol. The molecule has 2 rings (SSSR count). The average Bonchev–Trinajstić information content (AvgIpc) is 2.65. The fourth-order valence-electron chi connectivity index (χ4n) is 1.85. The number of cyclic esters (lactones) is 1. The Bertz CT molecular complexity index is 592. The molecule has 0 unspecified atom stereocenters. The third-order valence-electron chi connectivity index (χ3n) is 2.86. The summed E-state index contributed by atoms with van der Waals surface area (Å²) in [6.07, 6.45) is 1.15. The molecule has 1 amide bonds. The summed E-state index contributed by atoms with van der Waals surface area (Å²) >= 11 is 5.81. The molecule has 0 aromatic heterocycles. The Labute approximate surface area is 128 Å². The maximum atomic E-state index is 12.1. The molecule has 1 aliphatic heterocycles. The molecule has 0 aliphatic carbocycles. The van der Waals surface area contributed by atoms with Gasteiger partial charge in [0.25, 0.3) is 5.91 Å². The number of rotatable bonds is 3. The summed E-state index contributed by atoms with van der Waals surface area (Å²) in [6.45, 7) is 3.61. The topological polar surface area (TPSA) is 55.8 Å². The molecule has 1 saturated heterocycles. The van der Waals surface area contributed by atoms with Gasteiger partial charge in [0.05, 0.1) is 6.08 Å². The molecule has 1 aromatic rings. The van der Waals surface area contributed by atoms with Crippen LogP contribution in [0, 0.1) is 0 Å². The molecule has 0 bridgehead atoms. The van der Waals surface area contributed by atoms with Gasteiger partial charge in [-0.05, 0) is 17.7 Å². The summed E-state index contributed by atoms with van der Waals surface area (Å²) in [6, 6.07) is 7.19. The molecule has 0 atom stereocenters. The van der Waals surface area contributed by atoms with Crippen molar-refractivity contribution in [3.8, 4) is 0 Å². The van der Waals surface area contributed by atoms with Crippen LogP contribution in [-0.4, -0.2) is 29.6 Å². The first-order valence-electron chi connectivity index (χ1n) is 6.40. The zero-order valence-corrected chi connectivity index (χ0v) is 12.8. The van der Waals surface area contributed by atoms with Crippen molar-refractivity contribution in [2.24, 2.45) is 0 Å². The van der Waals surface area contributed by atoms with Crippen molar-refractivity contribution in [3.63, 3.8) is 0 Å². The van der Waals surface area contributed by atoms with Crippen LogP contribution in [0.4, 0.5) is 0 Å². The van der Waals surface area contributed by atoms with Crippen LogP contribution in [0.2, 0.25) is 5.02 Å². The van der Waals surface area contributed by atoms with Crippen LogP contribution in [0.1, 0.15) is 19.4 Å². The van der Waals surface area contributed by atoms with E-state index < -0.39 is 11.8 Å². The molecule has 0 radical (unpaired) electrons. The zero-order valence-electron chi connectivity index (χ0n) is 12.1. The van der Waals surface area contributed by atoms with Crippen molar-refractivity contribution in [2.75, 3.05) is 7.05 Å². The van der Waals surface area contributed by atoms with Gasteiger partial charge in [-0.15, -0.1) is 0 Å². The molecule has 6 heteroatoms. The number of ether oxygens (including phenoxy) is 2. The van der Waals surface area contributed by atoms with E-state index in [4.69, 9.17) is 21.1 Å². The van der Waals surface area contributed by atoms with Crippen molar-refractivity contribution < 1.29 is 19.1 Å². The van der Waals surface area contributed by atoms with Gasteiger partial charge >= 0.3 is 5.97 Å². The summed E-state index contributed by atoms with van der Waals surface area (Å²) in [7, 11) is 1.64. The number of benzene rings is 1. The molecule has 5 nitrogen and oxygen atoms in total. The van der Waals surface area contributed by atoms with Crippen molar-refractivity contribution in [1.82, 2.24) is 4.90 Å². The van der Waals surface area contributed by atoms with Crippen LogP contribution < -0.4 is 0 Å². The summed E-state index contributed by atoms with van der Waals surface area (Å²) < 4.78 is 10.2. The normalized spacial score (nSPS) is 18.3. The Kier molecular flexibility index (Phi) is 4.23. The van der Waals surface area contributed by atoms with Gasteiger partial charge < -0.3 is 14.4 Å². The van der Waals surface area contributed by atoms with E-state index in [0.29, 0.717) is 11.6 Å².